The lowest BCUT2D eigenvalue weighted by Crippen LogP contribution is -2.32. The lowest BCUT2D eigenvalue weighted by Gasteiger charge is -2.23. The van der Waals surface area contributed by atoms with Crippen LogP contribution in [0.1, 0.15) is 44.6 Å². The van der Waals surface area contributed by atoms with Gasteiger partial charge in [0.25, 0.3) is 0 Å². The highest BCUT2D eigenvalue weighted by molar-refractivity contribution is 5.52. The molecule has 1 heteroatoms. The summed E-state index contributed by atoms with van der Waals surface area (Å²) in [5.41, 5.74) is 2.72. The molecule has 0 aliphatic heterocycles. The Balaban J connectivity index is 1.80. The molecule has 0 heterocycles. The molecule has 1 aliphatic rings. The van der Waals surface area contributed by atoms with Gasteiger partial charge in [-0.15, -0.1) is 0 Å². The van der Waals surface area contributed by atoms with Crippen molar-refractivity contribution in [1.29, 1.82) is 0 Å². The monoisotopic (exact) mass is 229 g/mol. The summed E-state index contributed by atoms with van der Waals surface area (Å²) in [7, 11) is 0. The normalized spacial score (nSPS) is 18.3. The van der Waals surface area contributed by atoms with Crippen LogP contribution in [0.15, 0.2) is 35.9 Å². The average Bonchev–Trinajstić information content (AvgIpc) is 2.39. The first-order valence-corrected chi connectivity index (χ1v) is 6.80. The molecule has 1 aliphatic carbocycles. The van der Waals surface area contributed by atoms with Crippen molar-refractivity contribution in [1.82, 2.24) is 5.32 Å². The minimum absolute atomic E-state index is 0.753. The van der Waals surface area contributed by atoms with Crippen molar-refractivity contribution in [2.45, 2.75) is 45.1 Å². The van der Waals surface area contributed by atoms with Crippen LogP contribution < -0.4 is 5.32 Å². The van der Waals surface area contributed by atoms with Crippen molar-refractivity contribution >= 4 is 6.08 Å². The highest BCUT2D eigenvalue weighted by Crippen LogP contribution is 2.17. The molecule has 1 nitrogen and oxygen atoms in total. The Kier molecular flexibility index (Phi) is 4.81. The van der Waals surface area contributed by atoms with Gasteiger partial charge in [0.1, 0.15) is 0 Å². The second-order valence-electron chi connectivity index (χ2n) is 5.12. The minimum Gasteiger partial charge on any atom is -0.310 e. The topological polar surface area (TPSA) is 12.0 Å². The molecule has 1 N–H and O–H groups in total. The molecule has 1 aromatic carbocycles. The summed E-state index contributed by atoms with van der Waals surface area (Å²) in [6.07, 6.45) is 9.22. The lowest BCUT2D eigenvalue weighted by atomic mass is 9.95. The van der Waals surface area contributed by atoms with Gasteiger partial charge in [-0.1, -0.05) is 61.2 Å². The van der Waals surface area contributed by atoms with Crippen LogP contribution in [0.4, 0.5) is 0 Å². The van der Waals surface area contributed by atoms with E-state index in [0.717, 1.165) is 12.6 Å². The van der Waals surface area contributed by atoms with Gasteiger partial charge in [-0.05, 0) is 25.3 Å². The molecule has 0 radical (unpaired) electrons. The Morgan fingerprint density at radius 2 is 1.88 bits per heavy atom. The first-order valence-electron chi connectivity index (χ1n) is 6.80. The van der Waals surface area contributed by atoms with Crippen LogP contribution in [0.5, 0.6) is 0 Å². The SMILES string of the molecule is C/C(=C\c1ccccc1)CNC1CCCCC1. The molecule has 0 unspecified atom stereocenters. The van der Waals surface area contributed by atoms with Crippen LogP contribution in [0.3, 0.4) is 0 Å². The molecule has 1 saturated carbocycles. The maximum absolute atomic E-state index is 3.67. The third-order valence-electron chi connectivity index (χ3n) is 3.49. The van der Waals surface area contributed by atoms with Crippen LogP contribution in [0, 0.1) is 0 Å². The van der Waals surface area contributed by atoms with E-state index in [1.54, 1.807) is 0 Å². The van der Waals surface area contributed by atoms with E-state index in [4.69, 9.17) is 0 Å². The third-order valence-corrected chi connectivity index (χ3v) is 3.49. The van der Waals surface area contributed by atoms with Crippen LogP contribution in [-0.4, -0.2) is 12.6 Å². The van der Waals surface area contributed by atoms with Crippen molar-refractivity contribution in [2.75, 3.05) is 6.54 Å². The zero-order valence-corrected chi connectivity index (χ0v) is 10.8. The average molecular weight is 229 g/mol. The molecular formula is C16H23N. The number of benzene rings is 1. The standard InChI is InChI=1S/C16H23N/c1-14(12-15-8-4-2-5-9-15)13-17-16-10-6-3-7-11-16/h2,4-5,8-9,12,16-17H,3,6-7,10-11,13H2,1H3/b14-12+. The largest absolute Gasteiger partial charge is 0.310 e. The zero-order chi connectivity index (χ0) is 11.9. The Morgan fingerprint density at radius 1 is 1.18 bits per heavy atom. The van der Waals surface area contributed by atoms with E-state index in [1.165, 1.54) is 43.2 Å². The zero-order valence-electron chi connectivity index (χ0n) is 10.8. The summed E-state index contributed by atoms with van der Waals surface area (Å²) in [4.78, 5) is 0. The van der Waals surface area contributed by atoms with Crippen LogP contribution in [0.2, 0.25) is 0 Å². The van der Waals surface area contributed by atoms with Crippen molar-refractivity contribution in [3.05, 3.63) is 41.5 Å². The molecule has 0 bridgehead atoms. The molecule has 17 heavy (non-hydrogen) atoms. The number of rotatable bonds is 4. The molecule has 0 aromatic heterocycles. The summed E-state index contributed by atoms with van der Waals surface area (Å²) in [6.45, 7) is 3.24. The van der Waals surface area contributed by atoms with Crippen molar-refractivity contribution in [2.24, 2.45) is 0 Å². The molecule has 1 aromatic rings. The molecule has 2 rings (SSSR count). The number of hydrogen-bond acceptors (Lipinski definition) is 1. The van der Waals surface area contributed by atoms with E-state index in [1.807, 2.05) is 0 Å². The summed E-state index contributed by atoms with van der Waals surface area (Å²) in [5, 5.41) is 3.67. The fourth-order valence-electron chi connectivity index (χ4n) is 2.50. The molecule has 0 spiro atoms. The van der Waals surface area contributed by atoms with Crippen LogP contribution in [-0.2, 0) is 0 Å². The minimum atomic E-state index is 0.753. The van der Waals surface area contributed by atoms with Crippen molar-refractivity contribution in [3.8, 4) is 0 Å². The van der Waals surface area contributed by atoms with Gasteiger partial charge in [-0.3, -0.25) is 0 Å². The first kappa shape index (κ1) is 12.4. The fraction of sp³-hybridized carbons (Fsp3) is 0.500. The number of nitrogens with one attached hydrogen (secondary N) is 1. The molecule has 0 amide bonds. The fourth-order valence-corrected chi connectivity index (χ4v) is 2.50. The van der Waals surface area contributed by atoms with Gasteiger partial charge >= 0.3 is 0 Å². The van der Waals surface area contributed by atoms with E-state index in [-0.39, 0.29) is 0 Å². The lowest BCUT2D eigenvalue weighted by molar-refractivity contribution is 0.383. The Bertz CT molecular complexity index is 347. The molecule has 1 fully saturated rings. The highest BCUT2D eigenvalue weighted by atomic mass is 14.9. The second kappa shape index (κ2) is 6.61. The van der Waals surface area contributed by atoms with Gasteiger partial charge in [0.05, 0.1) is 0 Å². The summed E-state index contributed by atoms with van der Waals surface area (Å²) < 4.78 is 0. The smallest absolute Gasteiger partial charge is 0.0167 e. The molecule has 92 valence electrons. The van der Waals surface area contributed by atoms with Gasteiger partial charge < -0.3 is 5.32 Å². The Hall–Kier alpha value is -1.08. The number of hydrogen-bond donors (Lipinski definition) is 1. The summed E-state index contributed by atoms with van der Waals surface area (Å²) in [6, 6.07) is 11.3. The van der Waals surface area contributed by atoms with E-state index < -0.39 is 0 Å². The van der Waals surface area contributed by atoms with Crippen LogP contribution in [0.25, 0.3) is 6.08 Å². The van der Waals surface area contributed by atoms with Crippen molar-refractivity contribution < 1.29 is 0 Å². The van der Waals surface area contributed by atoms with E-state index in [2.05, 4.69) is 48.6 Å². The maximum atomic E-state index is 3.67. The van der Waals surface area contributed by atoms with Gasteiger partial charge in [0.15, 0.2) is 0 Å². The van der Waals surface area contributed by atoms with Gasteiger partial charge in [0.2, 0.25) is 0 Å². The van der Waals surface area contributed by atoms with Crippen LogP contribution >= 0.6 is 0 Å². The van der Waals surface area contributed by atoms with Gasteiger partial charge in [-0.2, -0.15) is 0 Å². The predicted molar refractivity (Wildman–Crippen MR) is 75.0 cm³/mol. The molecule has 0 atom stereocenters. The maximum Gasteiger partial charge on any atom is 0.0167 e. The quantitative estimate of drug-likeness (QED) is 0.822. The molecule has 0 saturated heterocycles. The Morgan fingerprint density at radius 3 is 2.59 bits per heavy atom. The summed E-state index contributed by atoms with van der Waals surface area (Å²) >= 11 is 0. The van der Waals surface area contributed by atoms with Crippen molar-refractivity contribution in [3.63, 3.8) is 0 Å². The second-order valence-corrected chi connectivity index (χ2v) is 5.12. The van der Waals surface area contributed by atoms with E-state index in [9.17, 15) is 0 Å². The van der Waals surface area contributed by atoms with Gasteiger partial charge in [0, 0.05) is 12.6 Å². The highest BCUT2D eigenvalue weighted by Gasteiger charge is 2.11. The Labute approximate surface area is 105 Å². The predicted octanol–water partition coefficient (Wildman–Crippen LogP) is 4.01. The first-order chi connectivity index (χ1) is 8.34. The third kappa shape index (κ3) is 4.35. The summed E-state index contributed by atoms with van der Waals surface area (Å²) in [5.74, 6) is 0. The molecular weight excluding hydrogens is 206 g/mol. The van der Waals surface area contributed by atoms with E-state index >= 15 is 0 Å². The van der Waals surface area contributed by atoms with E-state index in [0.29, 0.717) is 0 Å². The van der Waals surface area contributed by atoms with Gasteiger partial charge in [-0.25, -0.2) is 0 Å².